The number of hydrogen-bond donors (Lipinski definition) is 1. The summed E-state index contributed by atoms with van der Waals surface area (Å²) in [6.45, 7) is 4.28. The Hall–Kier alpha value is -0.740. The van der Waals surface area contributed by atoms with Crippen LogP contribution in [0.1, 0.15) is 19.4 Å². The maximum atomic E-state index is 13.2. The molecular weight excluding hydrogens is 273 g/mol. The highest BCUT2D eigenvalue weighted by Gasteiger charge is 2.09. The average molecular weight is 288 g/mol. The molecule has 0 aliphatic carbocycles. The Morgan fingerprint density at radius 1 is 1.50 bits per heavy atom. The van der Waals surface area contributed by atoms with Gasteiger partial charge in [0.2, 0.25) is 0 Å². The van der Waals surface area contributed by atoms with Crippen molar-refractivity contribution in [3.8, 4) is 0 Å². The van der Waals surface area contributed by atoms with Gasteiger partial charge >= 0.3 is 0 Å². The van der Waals surface area contributed by atoms with Gasteiger partial charge in [0.05, 0.1) is 11.0 Å². The van der Waals surface area contributed by atoms with E-state index in [-0.39, 0.29) is 24.1 Å². The van der Waals surface area contributed by atoms with Gasteiger partial charge in [-0.05, 0) is 27.6 Å². The molecule has 0 saturated carbocycles. The molecule has 88 valence electrons. The second-order valence-electron chi connectivity index (χ2n) is 3.96. The number of carbonyl (C=O) groups is 1. The summed E-state index contributed by atoms with van der Waals surface area (Å²) in [5.74, 6) is -0.276. The molecule has 1 aromatic carbocycles. The second-order valence-corrected chi connectivity index (χ2v) is 4.76. The van der Waals surface area contributed by atoms with Gasteiger partial charge in [-0.3, -0.25) is 4.79 Å². The molecule has 0 radical (unpaired) electrons. The molecule has 0 aromatic heterocycles. The fourth-order valence-electron chi connectivity index (χ4n) is 1.28. The standard InChI is InChI=1S/C12H15BrFNO/c1-8(2)15-7-10(16)6-9-4-3-5-11(14)12(9)13/h3-5,8,15H,6-7H2,1-2H3. The summed E-state index contributed by atoms with van der Waals surface area (Å²) in [6, 6.07) is 5.00. The Labute approximate surface area is 103 Å². The summed E-state index contributed by atoms with van der Waals surface area (Å²) in [5, 5.41) is 3.04. The van der Waals surface area contributed by atoms with Crippen molar-refractivity contribution in [3.05, 3.63) is 34.1 Å². The van der Waals surface area contributed by atoms with Crippen LogP contribution in [-0.4, -0.2) is 18.4 Å². The number of carbonyl (C=O) groups excluding carboxylic acids is 1. The molecule has 0 aliphatic rings. The Kier molecular flexibility index (Phi) is 5.09. The fraction of sp³-hybridized carbons (Fsp3) is 0.417. The first-order valence-corrected chi connectivity index (χ1v) is 5.98. The molecule has 0 spiro atoms. The van der Waals surface area contributed by atoms with Crippen molar-refractivity contribution in [2.24, 2.45) is 0 Å². The molecule has 2 nitrogen and oxygen atoms in total. The number of Topliss-reactive ketones (excluding diaryl/α,β-unsaturated/α-hetero) is 1. The average Bonchev–Trinajstić information content (AvgIpc) is 2.22. The van der Waals surface area contributed by atoms with E-state index in [1.165, 1.54) is 6.07 Å². The highest BCUT2D eigenvalue weighted by molar-refractivity contribution is 9.10. The summed E-state index contributed by atoms with van der Waals surface area (Å²) in [7, 11) is 0. The van der Waals surface area contributed by atoms with Crippen molar-refractivity contribution < 1.29 is 9.18 Å². The Bertz CT molecular complexity index is 379. The minimum Gasteiger partial charge on any atom is -0.308 e. The van der Waals surface area contributed by atoms with Gasteiger partial charge in [0.15, 0.2) is 5.78 Å². The number of benzene rings is 1. The van der Waals surface area contributed by atoms with Crippen LogP contribution in [0.25, 0.3) is 0 Å². The van der Waals surface area contributed by atoms with Gasteiger partial charge in [-0.1, -0.05) is 26.0 Å². The van der Waals surface area contributed by atoms with Crippen molar-refractivity contribution in [3.63, 3.8) is 0 Å². The van der Waals surface area contributed by atoms with E-state index in [4.69, 9.17) is 0 Å². The Morgan fingerprint density at radius 2 is 2.19 bits per heavy atom. The third kappa shape index (κ3) is 4.02. The van der Waals surface area contributed by atoms with Crippen LogP contribution in [0.2, 0.25) is 0 Å². The van der Waals surface area contributed by atoms with Gasteiger partial charge < -0.3 is 5.32 Å². The SMILES string of the molecule is CC(C)NCC(=O)Cc1cccc(F)c1Br. The quantitative estimate of drug-likeness (QED) is 0.902. The van der Waals surface area contributed by atoms with Crippen LogP contribution < -0.4 is 5.32 Å². The van der Waals surface area contributed by atoms with Crippen LogP contribution in [0.15, 0.2) is 22.7 Å². The molecule has 1 N–H and O–H groups in total. The van der Waals surface area contributed by atoms with Crippen LogP contribution >= 0.6 is 15.9 Å². The highest BCUT2D eigenvalue weighted by atomic mass is 79.9. The van der Waals surface area contributed by atoms with E-state index in [2.05, 4.69) is 21.2 Å². The maximum Gasteiger partial charge on any atom is 0.151 e. The van der Waals surface area contributed by atoms with E-state index in [1.54, 1.807) is 12.1 Å². The number of ketones is 1. The third-order valence-corrected chi connectivity index (χ3v) is 3.01. The second kappa shape index (κ2) is 6.11. The normalized spacial score (nSPS) is 10.8. The molecule has 0 fully saturated rings. The molecule has 0 unspecified atom stereocenters. The van der Waals surface area contributed by atoms with Gasteiger partial charge in [-0.15, -0.1) is 0 Å². The zero-order valence-corrected chi connectivity index (χ0v) is 11.0. The predicted molar refractivity (Wildman–Crippen MR) is 65.9 cm³/mol. The minimum absolute atomic E-state index is 0.0556. The number of halogens is 2. The summed E-state index contributed by atoms with van der Waals surface area (Å²) >= 11 is 3.14. The first-order chi connectivity index (χ1) is 7.50. The van der Waals surface area contributed by atoms with Crippen molar-refractivity contribution in [2.45, 2.75) is 26.3 Å². The van der Waals surface area contributed by atoms with E-state index in [0.717, 1.165) is 0 Å². The summed E-state index contributed by atoms with van der Waals surface area (Å²) in [4.78, 5) is 11.6. The van der Waals surface area contributed by atoms with Gasteiger partial charge in [-0.2, -0.15) is 0 Å². The number of nitrogens with one attached hydrogen (secondary N) is 1. The van der Waals surface area contributed by atoms with E-state index in [0.29, 0.717) is 16.6 Å². The van der Waals surface area contributed by atoms with Crippen LogP contribution in [-0.2, 0) is 11.2 Å². The van der Waals surface area contributed by atoms with Gasteiger partial charge in [-0.25, -0.2) is 4.39 Å². The molecule has 0 saturated heterocycles. The monoisotopic (exact) mass is 287 g/mol. The first kappa shape index (κ1) is 13.3. The molecule has 16 heavy (non-hydrogen) atoms. The molecule has 0 amide bonds. The van der Waals surface area contributed by atoms with E-state index in [9.17, 15) is 9.18 Å². The van der Waals surface area contributed by atoms with Crippen LogP contribution in [0, 0.1) is 5.82 Å². The molecule has 0 atom stereocenters. The summed E-state index contributed by atoms with van der Waals surface area (Å²) in [6.07, 6.45) is 0.248. The zero-order valence-electron chi connectivity index (χ0n) is 9.39. The molecule has 1 rings (SSSR count). The van der Waals surface area contributed by atoms with Crippen molar-refractivity contribution >= 4 is 21.7 Å². The molecule has 0 heterocycles. The predicted octanol–water partition coefficient (Wildman–Crippen LogP) is 2.70. The molecule has 0 aliphatic heterocycles. The third-order valence-electron chi connectivity index (χ3n) is 2.13. The van der Waals surface area contributed by atoms with E-state index >= 15 is 0 Å². The zero-order chi connectivity index (χ0) is 12.1. The lowest BCUT2D eigenvalue weighted by Crippen LogP contribution is -2.30. The lowest BCUT2D eigenvalue weighted by atomic mass is 10.1. The maximum absolute atomic E-state index is 13.2. The lowest BCUT2D eigenvalue weighted by Gasteiger charge is -2.08. The van der Waals surface area contributed by atoms with E-state index < -0.39 is 0 Å². The number of rotatable bonds is 5. The van der Waals surface area contributed by atoms with Crippen LogP contribution in [0.4, 0.5) is 4.39 Å². The summed E-state index contributed by atoms with van der Waals surface area (Å²) in [5.41, 5.74) is 0.690. The molecule has 0 bridgehead atoms. The molecule has 1 aromatic rings. The lowest BCUT2D eigenvalue weighted by molar-refractivity contribution is -0.117. The van der Waals surface area contributed by atoms with Crippen LogP contribution in [0.5, 0.6) is 0 Å². The first-order valence-electron chi connectivity index (χ1n) is 5.18. The topological polar surface area (TPSA) is 29.1 Å². The highest BCUT2D eigenvalue weighted by Crippen LogP contribution is 2.20. The Morgan fingerprint density at radius 3 is 2.81 bits per heavy atom. The summed E-state index contributed by atoms with van der Waals surface area (Å²) < 4.78 is 13.6. The molecular formula is C12H15BrFNO. The number of hydrogen-bond acceptors (Lipinski definition) is 2. The fourth-order valence-corrected chi connectivity index (χ4v) is 1.68. The largest absolute Gasteiger partial charge is 0.308 e. The van der Waals surface area contributed by atoms with Crippen molar-refractivity contribution in [1.82, 2.24) is 5.32 Å². The van der Waals surface area contributed by atoms with E-state index in [1.807, 2.05) is 13.8 Å². The van der Waals surface area contributed by atoms with Crippen molar-refractivity contribution in [1.29, 1.82) is 0 Å². The smallest absolute Gasteiger partial charge is 0.151 e. The van der Waals surface area contributed by atoms with Gasteiger partial charge in [0.25, 0.3) is 0 Å². The van der Waals surface area contributed by atoms with Gasteiger partial charge in [0, 0.05) is 12.5 Å². The van der Waals surface area contributed by atoms with Crippen molar-refractivity contribution in [2.75, 3.05) is 6.54 Å². The molecule has 4 heteroatoms. The minimum atomic E-state index is -0.331. The van der Waals surface area contributed by atoms with Crippen LogP contribution in [0.3, 0.4) is 0 Å². The Balaban J connectivity index is 2.59. The van der Waals surface area contributed by atoms with Gasteiger partial charge in [0.1, 0.15) is 5.82 Å².